The van der Waals surface area contributed by atoms with Gasteiger partial charge >= 0.3 is 12.1 Å². The smallest absolute Gasteiger partial charge is 0.409 e. The summed E-state index contributed by atoms with van der Waals surface area (Å²) in [6.07, 6.45) is 7.49. The molecule has 6 nitrogen and oxygen atoms in total. The van der Waals surface area contributed by atoms with Gasteiger partial charge < -0.3 is 19.9 Å². The molecule has 0 radical (unpaired) electrons. The highest BCUT2D eigenvalue weighted by molar-refractivity contribution is 5.75. The summed E-state index contributed by atoms with van der Waals surface area (Å²) in [6.45, 7) is 5.21. The van der Waals surface area contributed by atoms with Gasteiger partial charge in [-0.05, 0) is 19.3 Å². The van der Waals surface area contributed by atoms with Gasteiger partial charge in [0.05, 0.1) is 6.61 Å². The van der Waals surface area contributed by atoms with Crippen molar-refractivity contribution in [3.05, 3.63) is 0 Å². The molecule has 3 amide bonds. The third-order valence-electron chi connectivity index (χ3n) is 4.65. The molecule has 1 saturated carbocycles. The Kier molecular flexibility index (Phi) is 6.80. The Morgan fingerprint density at radius 2 is 1.68 bits per heavy atom. The Hall–Kier alpha value is -1.46. The Morgan fingerprint density at radius 3 is 2.32 bits per heavy atom. The minimum Gasteiger partial charge on any atom is -0.450 e. The molecule has 0 aromatic heterocycles. The van der Waals surface area contributed by atoms with Crippen molar-refractivity contribution in [3.63, 3.8) is 0 Å². The fraction of sp³-hybridized carbons (Fsp3) is 0.875. The SMILES string of the molecule is CCOC(=O)N1CCN(C(=O)NCCC2CCCCC2)CC1. The molecule has 1 saturated heterocycles. The number of ether oxygens (including phenoxy) is 1. The van der Waals surface area contributed by atoms with Gasteiger partial charge in [-0.3, -0.25) is 0 Å². The van der Waals surface area contributed by atoms with Crippen molar-refractivity contribution in [2.24, 2.45) is 5.92 Å². The van der Waals surface area contributed by atoms with E-state index in [0.717, 1.165) is 18.9 Å². The monoisotopic (exact) mass is 311 g/mol. The van der Waals surface area contributed by atoms with Gasteiger partial charge in [-0.25, -0.2) is 9.59 Å². The summed E-state index contributed by atoms with van der Waals surface area (Å²) in [7, 11) is 0. The first-order chi connectivity index (χ1) is 10.7. The van der Waals surface area contributed by atoms with Crippen LogP contribution in [0.5, 0.6) is 0 Å². The molecule has 0 atom stereocenters. The lowest BCUT2D eigenvalue weighted by atomic mass is 9.87. The first kappa shape index (κ1) is 16.9. The van der Waals surface area contributed by atoms with Gasteiger partial charge in [-0.15, -0.1) is 0 Å². The summed E-state index contributed by atoms with van der Waals surface area (Å²) >= 11 is 0. The second kappa shape index (κ2) is 8.86. The molecular weight excluding hydrogens is 282 g/mol. The van der Waals surface area contributed by atoms with E-state index in [4.69, 9.17) is 4.74 Å². The fourth-order valence-corrected chi connectivity index (χ4v) is 3.28. The molecule has 2 aliphatic rings. The second-order valence-electron chi connectivity index (χ2n) is 6.20. The van der Waals surface area contributed by atoms with Crippen molar-refractivity contribution in [2.75, 3.05) is 39.3 Å². The number of rotatable bonds is 4. The van der Waals surface area contributed by atoms with E-state index in [-0.39, 0.29) is 12.1 Å². The van der Waals surface area contributed by atoms with Crippen molar-refractivity contribution in [2.45, 2.75) is 45.4 Å². The molecule has 22 heavy (non-hydrogen) atoms. The van der Waals surface area contributed by atoms with E-state index in [1.165, 1.54) is 32.1 Å². The van der Waals surface area contributed by atoms with Crippen molar-refractivity contribution in [3.8, 4) is 0 Å². The molecule has 1 aliphatic heterocycles. The number of nitrogens with one attached hydrogen (secondary N) is 1. The molecule has 0 bridgehead atoms. The highest BCUT2D eigenvalue weighted by Gasteiger charge is 2.24. The number of carbonyl (C=O) groups excluding carboxylic acids is 2. The third kappa shape index (κ3) is 5.07. The molecule has 0 aromatic rings. The van der Waals surface area contributed by atoms with E-state index in [9.17, 15) is 9.59 Å². The summed E-state index contributed by atoms with van der Waals surface area (Å²) in [5, 5.41) is 3.02. The van der Waals surface area contributed by atoms with Gasteiger partial charge in [0, 0.05) is 32.7 Å². The number of urea groups is 1. The topological polar surface area (TPSA) is 61.9 Å². The van der Waals surface area contributed by atoms with Crippen LogP contribution < -0.4 is 5.32 Å². The maximum absolute atomic E-state index is 12.1. The van der Waals surface area contributed by atoms with E-state index in [1.54, 1.807) is 16.7 Å². The van der Waals surface area contributed by atoms with Crippen molar-refractivity contribution in [1.82, 2.24) is 15.1 Å². The Balaban J connectivity index is 1.61. The van der Waals surface area contributed by atoms with E-state index in [2.05, 4.69) is 5.32 Å². The predicted octanol–water partition coefficient (Wildman–Crippen LogP) is 2.44. The van der Waals surface area contributed by atoms with Crippen LogP contribution in [0.3, 0.4) is 0 Å². The van der Waals surface area contributed by atoms with Crippen molar-refractivity contribution >= 4 is 12.1 Å². The summed E-state index contributed by atoms with van der Waals surface area (Å²) < 4.78 is 4.98. The number of nitrogens with zero attached hydrogens (tertiary/aromatic N) is 2. The molecular formula is C16H29N3O3. The summed E-state index contributed by atoms with van der Waals surface area (Å²) in [5.41, 5.74) is 0. The van der Waals surface area contributed by atoms with Gasteiger partial charge in [-0.2, -0.15) is 0 Å². The Bertz CT molecular complexity index is 362. The molecule has 1 N–H and O–H groups in total. The number of carbonyl (C=O) groups is 2. The van der Waals surface area contributed by atoms with Crippen LogP contribution in [0.25, 0.3) is 0 Å². The molecule has 1 heterocycles. The first-order valence-electron chi connectivity index (χ1n) is 8.65. The van der Waals surface area contributed by atoms with Crippen LogP contribution in [0, 0.1) is 5.92 Å². The van der Waals surface area contributed by atoms with E-state index < -0.39 is 0 Å². The maximum Gasteiger partial charge on any atom is 0.409 e. The second-order valence-corrected chi connectivity index (χ2v) is 6.20. The lowest BCUT2D eigenvalue weighted by Gasteiger charge is -2.34. The van der Waals surface area contributed by atoms with Gasteiger partial charge in [0.2, 0.25) is 0 Å². The van der Waals surface area contributed by atoms with Gasteiger partial charge in [0.15, 0.2) is 0 Å². The summed E-state index contributed by atoms with van der Waals surface area (Å²) in [4.78, 5) is 27.2. The van der Waals surface area contributed by atoms with Crippen LogP contribution in [-0.4, -0.2) is 61.3 Å². The average Bonchev–Trinajstić information content (AvgIpc) is 2.56. The summed E-state index contributed by atoms with van der Waals surface area (Å²) in [6, 6.07) is -0.000631. The number of piperazine rings is 1. The molecule has 0 spiro atoms. The Labute approximate surface area is 133 Å². The molecule has 126 valence electrons. The van der Waals surface area contributed by atoms with Crippen LogP contribution in [0.1, 0.15) is 45.4 Å². The average molecular weight is 311 g/mol. The number of amides is 3. The number of hydrogen-bond donors (Lipinski definition) is 1. The van der Waals surface area contributed by atoms with Crippen LogP contribution in [0.4, 0.5) is 9.59 Å². The standard InChI is InChI=1S/C16H29N3O3/c1-2-22-16(21)19-12-10-18(11-13-19)15(20)17-9-8-14-6-4-3-5-7-14/h14H,2-13H2,1H3,(H,17,20). The third-order valence-corrected chi connectivity index (χ3v) is 4.65. The minimum absolute atomic E-state index is 0.000631. The van der Waals surface area contributed by atoms with E-state index in [0.29, 0.717) is 32.8 Å². The van der Waals surface area contributed by atoms with Gasteiger partial charge in [0.25, 0.3) is 0 Å². The number of hydrogen-bond acceptors (Lipinski definition) is 3. The zero-order chi connectivity index (χ0) is 15.8. The lowest BCUT2D eigenvalue weighted by molar-refractivity contribution is 0.0851. The van der Waals surface area contributed by atoms with Crippen LogP contribution >= 0.6 is 0 Å². The van der Waals surface area contributed by atoms with Gasteiger partial charge in [0.1, 0.15) is 0 Å². The highest BCUT2D eigenvalue weighted by atomic mass is 16.6. The highest BCUT2D eigenvalue weighted by Crippen LogP contribution is 2.25. The largest absolute Gasteiger partial charge is 0.450 e. The normalized spacial score (nSPS) is 19.9. The summed E-state index contributed by atoms with van der Waals surface area (Å²) in [5.74, 6) is 0.787. The van der Waals surface area contributed by atoms with Crippen molar-refractivity contribution < 1.29 is 14.3 Å². The molecule has 0 aromatic carbocycles. The van der Waals surface area contributed by atoms with Crippen LogP contribution in [-0.2, 0) is 4.74 Å². The fourth-order valence-electron chi connectivity index (χ4n) is 3.28. The van der Waals surface area contributed by atoms with Crippen LogP contribution in [0.15, 0.2) is 0 Å². The van der Waals surface area contributed by atoms with Crippen LogP contribution in [0.2, 0.25) is 0 Å². The zero-order valence-corrected chi connectivity index (χ0v) is 13.7. The molecule has 2 rings (SSSR count). The van der Waals surface area contributed by atoms with E-state index in [1.807, 2.05) is 0 Å². The lowest BCUT2D eigenvalue weighted by Crippen LogP contribution is -2.53. The Morgan fingerprint density at radius 1 is 1.05 bits per heavy atom. The quantitative estimate of drug-likeness (QED) is 0.867. The molecule has 2 fully saturated rings. The van der Waals surface area contributed by atoms with Crippen molar-refractivity contribution in [1.29, 1.82) is 0 Å². The molecule has 0 unspecified atom stereocenters. The minimum atomic E-state index is -0.278. The molecule has 1 aliphatic carbocycles. The zero-order valence-electron chi connectivity index (χ0n) is 13.7. The predicted molar refractivity (Wildman–Crippen MR) is 84.8 cm³/mol. The first-order valence-corrected chi connectivity index (χ1v) is 8.65. The molecule has 6 heteroatoms. The maximum atomic E-state index is 12.1. The van der Waals surface area contributed by atoms with E-state index >= 15 is 0 Å². The van der Waals surface area contributed by atoms with Gasteiger partial charge in [-0.1, -0.05) is 32.1 Å².